The number of nitrogen functional groups attached to an aromatic ring is 1. The molecule has 6 heteroatoms. The zero-order chi connectivity index (χ0) is 13.8. The molecule has 0 saturated carbocycles. The van der Waals surface area contributed by atoms with Gasteiger partial charge in [0.25, 0.3) is 0 Å². The van der Waals surface area contributed by atoms with Gasteiger partial charge in [-0.1, -0.05) is 0 Å². The summed E-state index contributed by atoms with van der Waals surface area (Å²) in [4.78, 5) is 22.0. The Morgan fingerprint density at radius 3 is 2.53 bits per heavy atom. The number of aromatic nitrogens is 1. The fraction of sp³-hybridized carbons (Fsp3) is 0.538. The van der Waals surface area contributed by atoms with Crippen molar-refractivity contribution in [3.63, 3.8) is 0 Å². The first-order valence-corrected chi connectivity index (χ1v) is 6.45. The molecule has 1 saturated heterocycles. The van der Waals surface area contributed by atoms with E-state index in [1.165, 1.54) is 0 Å². The molecule has 0 radical (unpaired) electrons. The highest BCUT2D eigenvalue weighted by Crippen LogP contribution is 2.14. The molecule has 2 rings (SSSR count). The summed E-state index contributed by atoms with van der Waals surface area (Å²) >= 11 is 0. The van der Waals surface area contributed by atoms with Crippen LogP contribution in [0.3, 0.4) is 0 Å². The van der Waals surface area contributed by atoms with Gasteiger partial charge >= 0.3 is 0 Å². The number of nitrogens with two attached hydrogens (primary N) is 1. The highest BCUT2D eigenvalue weighted by molar-refractivity contribution is 5.77. The van der Waals surface area contributed by atoms with Gasteiger partial charge in [0.15, 0.2) is 0 Å². The number of pyridine rings is 1. The van der Waals surface area contributed by atoms with Crippen LogP contribution in [-0.2, 0) is 4.79 Å². The second-order valence-corrected chi connectivity index (χ2v) is 5.00. The van der Waals surface area contributed by atoms with E-state index in [9.17, 15) is 4.79 Å². The summed E-state index contributed by atoms with van der Waals surface area (Å²) in [7, 11) is 3.58. The third kappa shape index (κ3) is 3.57. The fourth-order valence-electron chi connectivity index (χ4n) is 2.05. The average Bonchev–Trinajstić information content (AvgIpc) is 2.40. The first kappa shape index (κ1) is 13.6. The van der Waals surface area contributed by atoms with Crippen molar-refractivity contribution in [2.45, 2.75) is 0 Å². The molecule has 0 bridgehead atoms. The molecule has 1 fully saturated rings. The van der Waals surface area contributed by atoms with Crippen LogP contribution in [0.1, 0.15) is 0 Å². The summed E-state index contributed by atoms with van der Waals surface area (Å²) in [6.07, 6.45) is 1.68. The van der Waals surface area contributed by atoms with E-state index in [0.717, 1.165) is 32.0 Å². The molecule has 2 heterocycles. The van der Waals surface area contributed by atoms with Gasteiger partial charge in [0.2, 0.25) is 5.91 Å². The Kier molecular flexibility index (Phi) is 4.21. The maximum absolute atomic E-state index is 11.6. The lowest BCUT2D eigenvalue weighted by atomic mass is 10.3. The Labute approximate surface area is 113 Å². The van der Waals surface area contributed by atoms with E-state index < -0.39 is 0 Å². The highest BCUT2D eigenvalue weighted by Gasteiger charge is 2.20. The van der Waals surface area contributed by atoms with Gasteiger partial charge in [-0.15, -0.1) is 0 Å². The predicted octanol–water partition coefficient (Wildman–Crippen LogP) is -0.126. The minimum absolute atomic E-state index is 0.152. The molecular weight excluding hydrogens is 242 g/mol. The number of anilines is 2. The Morgan fingerprint density at radius 2 is 2.00 bits per heavy atom. The molecule has 2 N–H and O–H groups in total. The van der Waals surface area contributed by atoms with Gasteiger partial charge < -0.3 is 15.5 Å². The SMILES string of the molecule is CN(C)C(=O)CN1CCN(c2ccc(N)cn2)CC1. The molecule has 0 aliphatic carbocycles. The number of rotatable bonds is 3. The minimum atomic E-state index is 0.152. The number of nitrogens with zero attached hydrogens (tertiary/aromatic N) is 4. The number of carbonyl (C=O) groups excluding carboxylic acids is 1. The topological polar surface area (TPSA) is 65.7 Å². The summed E-state index contributed by atoms with van der Waals surface area (Å²) in [6.45, 7) is 4.03. The van der Waals surface area contributed by atoms with E-state index in [4.69, 9.17) is 5.73 Å². The first-order valence-electron chi connectivity index (χ1n) is 6.45. The molecule has 1 aliphatic heterocycles. The van der Waals surface area contributed by atoms with E-state index in [2.05, 4.69) is 14.8 Å². The van der Waals surface area contributed by atoms with Crippen LogP contribution in [0.5, 0.6) is 0 Å². The summed E-state index contributed by atoms with van der Waals surface area (Å²) in [5.41, 5.74) is 6.31. The van der Waals surface area contributed by atoms with Gasteiger partial charge in [0.05, 0.1) is 18.4 Å². The zero-order valence-electron chi connectivity index (χ0n) is 11.5. The second kappa shape index (κ2) is 5.88. The van der Waals surface area contributed by atoms with Crippen molar-refractivity contribution in [3.05, 3.63) is 18.3 Å². The first-order chi connectivity index (χ1) is 9.06. The maximum atomic E-state index is 11.6. The predicted molar refractivity (Wildman–Crippen MR) is 76.0 cm³/mol. The van der Waals surface area contributed by atoms with Crippen molar-refractivity contribution >= 4 is 17.4 Å². The number of amides is 1. The van der Waals surface area contributed by atoms with Gasteiger partial charge in [-0.2, -0.15) is 0 Å². The number of likely N-dealkylation sites (N-methyl/N-ethyl adjacent to an activating group) is 1. The minimum Gasteiger partial charge on any atom is -0.397 e. The van der Waals surface area contributed by atoms with E-state index in [-0.39, 0.29) is 5.91 Å². The third-order valence-electron chi connectivity index (χ3n) is 3.32. The van der Waals surface area contributed by atoms with Crippen molar-refractivity contribution in [1.82, 2.24) is 14.8 Å². The van der Waals surface area contributed by atoms with Crippen molar-refractivity contribution in [2.75, 3.05) is 57.5 Å². The van der Waals surface area contributed by atoms with E-state index in [0.29, 0.717) is 12.2 Å². The number of hydrogen-bond acceptors (Lipinski definition) is 5. The quantitative estimate of drug-likeness (QED) is 0.823. The van der Waals surface area contributed by atoms with Crippen molar-refractivity contribution in [1.29, 1.82) is 0 Å². The third-order valence-corrected chi connectivity index (χ3v) is 3.32. The summed E-state index contributed by atoms with van der Waals surface area (Å²) in [5.74, 6) is 1.10. The van der Waals surface area contributed by atoms with Crippen LogP contribution >= 0.6 is 0 Å². The number of hydrogen-bond donors (Lipinski definition) is 1. The van der Waals surface area contributed by atoms with Crippen LogP contribution in [0.25, 0.3) is 0 Å². The molecule has 0 aromatic carbocycles. The van der Waals surface area contributed by atoms with Crippen LogP contribution < -0.4 is 10.6 Å². The van der Waals surface area contributed by atoms with Crippen molar-refractivity contribution < 1.29 is 4.79 Å². The molecule has 0 atom stereocenters. The van der Waals surface area contributed by atoms with E-state index in [1.807, 2.05) is 12.1 Å². The van der Waals surface area contributed by atoms with Crippen molar-refractivity contribution in [3.8, 4) is 0 Å². The van der Waals surface area contributed by atoms with E-state index >= 15 is 0 Å². The lowest BCUT2D eigenvalue weighted by Crippen LogP contribution is -2.49. The molecule has 0 spiro atoms. The zero-order valence-corrected chi connectivity index (χ0v) is 11.5. The molecule has 1 aliphatic rings. The number of piperazine rings is 1. The Bertz CT molecular complexity index is 423. The van der Waals surface area contributed by atoms with Crippen LogP contribution in [-0.4, -0.2) is 67.5 Å². The van der Waals surface area contributed by atoms with Crippen LogP contribution in [0, 0.1) is 0 Å². The fourth-order valence-corrected chi connectivity index (χ4v) is 2.05. The number of carbonyl (C=O) groups is 1. The molecule has 19 heavy (non-hydrogen) atoms. The lowest BCUT2D eigenvalue weighted by molar-refractivity contribution is -0.129. The second-order valence-electron chi connectivity index (χ2n) is 5.00. The van der Waals surface area contributed by atoms with Crippen LogP contribution in [0.4, 0.5) is 11.5 Å². The standard InChI is InChI=1S/C13H21N5O/c1-16(2)13(19)10-17-5-7-18(8-6-17)12-4-3-11(14)9-15-12/h3-4,9H,5-8,10,14H2,1-2H3. The normalized spacial score (nSPS) is 16.4. The Morgan fingerprint density at radius 1 is 1.32 bits per heavy atom. The average molecular weight is 263 g/mol. The Balaban J connectivity index is 1.85. The molecule has 6 nitrogen and oxygen atoms in total. The molecule has 104 valence electrons. The van der Waals surface area contributed by atoms with Crippen molar-refractivity contribution in [2.24, 2.45) is 0 Å². The molecular formula is C13H21N5O. The highest BCUT2D eigenvalue weighted by atomic mass is 16.2. The molecule has 1 amide bonds. The smallest absolute Gasteiger partial charge is 0.236 e. The molecule has 0 unspecified atom stereocenters. The largest absolute Gasteiger partial charge is 0.397 e. The maximum Gasteiger partial charge on any atom is 0.236 e. The van der Waals surface area contributed by atoms with Gasteiger partial charge in [-0.25, -0.2) is 4.98 Å². The van der Waals surface area contributed by atoms with Gasteiger partial charge in [0, 0.05) is 40.3 Å². The molecule has 1 aromatic heterocycles. The lowest BCUT2D eigenvalue weighted by Gasteiger charge is -2.35. The van der Waals surface area contributed by atoms with E-state index in [1.54, 1.807) is 25.2 Å². The molecule has 1 aromatic rings. The van der Waals surface area contributed by atoms with Crippen LogP contribution in [0.2, 0.25) is 0 Å². The van der Waals surface area contributed by atoms with Gasteiger partial charge in [0.1, 0.15) is 5.82 Å². The summed E-state index contributed by atoms with van der Waals surface area (Å²) in [5, 5.41) is 0. The van der Waals surface area contributed by atoms with Gasteiger partial charge in [-0.3, -0.25) is 9.69 Å². The van der Waals surface area contributed by atoms with Crippen LogP contribution in [0.15, 0.2) is 18.3 Å². The summed E-state index contributed by atoms with van der Waals surface area (Å²) < 4.78 is 0. The van der Waals surface area contributed by atoms with Gasteiger partial charge in [-0.05, 0) is 12.1 Å². The Hall–Kier alpha value is -1.82. The monoisotopic (exact) mass is 263 g/mol. The summed E-state index contributed by atoms with van der Waals surface area (Å²) in [6, 6.07) is 3.81.